The van der Waals surface area contributed by atoms with E-state index >= 15 is 0 Å². The predicted molar refractivity (Wildman–Crippen MR) is 86.1 cm³/mol. The van der Waals surface area contributed by atoms with Crippen LogP contribution in [0.1, 0.15) is 36.0 Å². The van der Waals surface area contributed by atoms with Gasteiger partial charge >= 0.3 is 5.97 Å². The molecule has 0 fully saturated rings. The Hall–Kier alpha value is -2.63. The number of anilines is 1. The van der Waals surface area contributed by atoms with Crippen molar-refractivity contribution >= 4 is 23.5 Å². The highest BCUT2D eigenvalue weighted by Gasteiger charge is 2.18. The van der Waals surface area contributed by atoms with Crippen LogP contribution in [-0.2, 0) is 9.59 Å². The number of carboxylic acids is 1. The van der Waals surface area contributed by atoms with Crippen LogP contribution in [0.15, 0.2) is 36.4 Å². The Morgan fingerprint density at radius 2 is 1.87 bits per heavy atom. The lowest BCUT2D eigenvalue weighted by atomic mass is 9.93. The summed E-state index contributed by atoms with van der Waals surface area (Å²) in [6, 6.07) is 6.55. The van der Waals surface area contributed by atoms with Crippen LogP contribution in [-0.4, -0.2) is 29.4 Å². The summed E-state index contributed by atoms with van der Waals surface area (Å²) in [5.41, 5.74) is 1.07. The largest absolute Gasteiger partial charge is 0.481 e. The SMILES string of the molecule is O=C(O)CCNC(=O)c1ccc(NC(=O)C2CC=CCC2)cc1. The van der Waals surface area contributed by atoms with Gasteiger partial charge in [-0.1, -0.05) is 12.2 Å². The Labute approximate surface area is 134 Å². The third-order valence-electron chi connectivity index (χ3n) is 3.68. The highest BCUT2D eigenvalue weighted by Crippen LogP contribution is 2.20. The number of amides is 2. The van der Waals surface area contributed by atoms with E-state index in [2.05, 4.69) is 16.7 Å². The van der Waals surface area contributed by atoms with E-state index in [4.69, 9.17) is 5.11 Å². The van der Waals surface area contributed by atoms with E-state index in [1.165, 1.54) is 0 Å². The van der Waals surface area contributed by atoms with Crippen molar-refractivity contribution in [2.45, 2.75) is 25.7 Å². The molecular weight excluding hydrogens is 296 g/mol. The van der Waals surface area contributed by atoms with E-state index in [9.17, 15) is 14.4 Å². The summed E-state index contributed by atoms with van der Waals surface area (Å²) >= 11 is 0. The Morgan fingerprint density at radius 3 is 2.48 bits per heavy atom. The fourth-order valence-electron chi connectivity index (χ4n) is 2.37. The lowest BCUT2D eigenvalue weighted by molar-refractivity contribution is -0.136. The second-order valence-corrected chi connectivity index (χ2v) is 5.45. The number of allylic oxidation sites excluding steroid dienone is 2. The summed E-state index contributed by atoms with van der Waals surface area (Å²) in [5.74, 6) is -1.30. The maximum absolute atomic E-state index is 12.1. The monoisotopic (exact) mass is 316 g/mol. The molecule has 1 aliphatic carbocycles. The molecule has 6 nitrogen and oxygen atoms in total. The molecule has 2 rings (SSSR count). The lowest BCUT2D eigenvalue weighted by Gasteiger charge is -2.17. The van der Waals surface area contributed by atoms with E-state index in [1.54, 1.807) is 24.3 Å². The molecule has 0 heterocycles. The summed E-state index contributed by atoms with van der Waals surface area (Å²) in [6.45, 7) is 0.0852. The van der Waals surface area contributed by atoms with Gasteiger partial charge in [-0.2, -0.15) is 0 Å². The van der Waals surface area contributed by atoms with Gasteiger partial charge in [0.05, 0.1) is 6.42 Å². The maximum Gasteiger partial charge on any atom is 0.305 e. The van der Waals surface area contributed by atoms with Crippen LogP contribution < -0.4 is 10.6 Å². The third-order valence-corrected chi connectivity index (χ3v) is 3.68. The molecule has 3 N–H and O–H groups in total. The van der Waals surface area contributed by atoms with E-state index in [-0.39, 0.29) is 30.7 Å². The van der Waals surface area contributed by atoms with Crippen molar-refractivity contribution in [2.24, 2.45) is 5.92 Å². The summed E-state index contributed by atoms with van der Waals surface area (Å²) in [5, 5.41) is 13.9. The van der Waals surface area contributed by atoms with Gasteiger partial charge in [-0.25, -0.2) is 0 Å². The first kappa shape index (κ1) is 16.7. The van der Waals surface area contributed by atoms with Crippen LogP contribution in [0.4, 0.5) is 5.69 Å². The first-order chi connectivity index (χ1) is 11.1. The minimum absolute atomic E-state index is 0.000932. The summed E-state index contributed by atoms with van der Waals surface area (Å²) < 4.78 is 0. The van der Waals surface area contributed by atoms with Crippen LogP contribution in [0.2, 0.25) is 0 Å². The van der Waals surface area contributed by atoms with Gasteiger partial charge in [0.15, 0.2) is 0 Å². The van der Waals surface area contributed by atoms with E-state index < -0.39 is 5.97 Å². The van der Waals surface area contributed by atoms with Crippen LogP contribution in [0.5, 0.6) is 0 Å². The van der Waals surface area contributed by atoms with Crippen molar-refractivity contribution in [3.63, 3.8) is 0 Å². The minimum atomic E-state index is -0.957. The molecule has 0 saturated heterocycles. The Morgan fingerprint density at radius 1 is 1.13 bits per heavy atom. The molecule has 1 unspecified atom stereocenters. The number of rotatable bonds is 6. The zero-order valence-electron chi connectivity index (χ0n) is 12.7. The quantitative estimate of drug-likeness (QED) is 0.701. The fraction of sp³-hybridized carbons (Fsp3) is 0.353. The highest BCUT2D eigenvalue weighted by molar-refractivity contribution is 5.96. The van der Waals surface area contributed by atoms with E-state index in [1.807, 2.05) is 6.08 Å². The second-order valence-electron chi connectivity index (χ2n) is 5.45. The zero-order valence-corrected chi connectivity index (χ0v) is 12.7. The normalized spacial score (nSPS) is 16.6. The number of benzene rings is 1. The van der Waals surface area contributed by atoms with Gasteiger partial charge < -0.3 is 15.7 Å². The van der Waals surface area contributed by atoms with Crippen molar-refractivity contribution < 1.29 is 19.5 Å². The van der Waals surface area contributed by atoms with Crippen molar-refractivity contribution in [1.29, 1.82) is 0 Å². The first-order valence-electron chi connectivity index (χ1n) is 7.62. The standard InChI is InChI=1S/C17H20N2O4/c20-15(21)10-11-18-16(22)13-6-8-14(9-7-13)19-17(23)12-4-2-1-3-5-12/h1-2,6-9,12H,3-5,10-11H2,(H,18,22)(H,19,23)(H,20,21). The molecule has 6 heteroatoms. The van der Waals surface area contributed by atoms with Gasteiger partial charge in [0.2, 0.25) is 5.91 Å². The number of hydrogen-bond donors (Lipinski definition) is 3. The Kier molecular flexibility index (Phi) is 5.91. The lowest BCUT2D eigenvalue weighted by Crippen LogP contribution is -2.26. The van der Waals surface area contributed by atoms with Crippen LogP contribution in [0.3, 0.4) is 0 Å². The molecule has 0 spiro atoms. The molecule has 122 valence electrons. The average molecular weight is 316 g/mol. The maximum atomic E-state index is 12.1. The van der Waals surface area contributed by atoms with Gasteiger partial charge in [0.25, 0.3) is 5.91 Å². The Balaban J connectivity index is 1.86. The molecule has 0 bridgehead atoms. The molecule has 23 heavy (non-hydrogen) atoms. The van der Waals surface area contributed by atoms with Gasteiger partial charge in [0.1, 0.15) is 0 Å². The summed E-state index contributed by atoms with van der Waals surface area (Å²) in [7, 11) is 0. The third kappa shape index (κ3) is 5.25. The van der Waals surface area contributed by atoms with Gasteiger partial charge in [-0.3, -0.25) is 14.4 Å². The van der Waals surface area contributed by atoms with Crippen LogP contribution >= 0.6 is 0 Å². The fourth-order valence-corrected chi connectivity index (χ4v) is 2.37. The van der Waals surface area contributed by atoms with Gasteiger partial charge in [0, 0.05) is 23.7 Å². The Bertz CT molecular complexity index is 608. The van der Waals surface area contributed by atoms with E-state index in [0.717, 1.165) is 19.3 Å². The molecular formula is C17H20N2O4. The molecule has 1 aromatic carbocycles. The predicted octanol–water partition coefficient (Wildman–Crippen LogP) is 2.19. The number of nitrogens with one attached hydrogen (secondary N) is 2. The zero-order chi connectivity index (χ0) is 16.7. The molecule has 1 aromatic rings. The number of carboxylic acid groups (broad SMARTS) is 1. The van der Waals surface area contributed by atoms with Crippen molar-refractivity contribution in [1.82, 2.24) is 5.32 Å². The minimum Gasteiger partial charge on any atom is -0.481 e. The average Bonchev–Trinajstić information content (AvgIpc) is 2.56. The molecule has 2 amide bonds. The molecule has 1 aliphatic rings. The van der Waals surface area contributed by atoms with Crippen molar-refractivity contribution in [3.05, 3.63) is 42.0 Å². The number of hydrogen-bond acceptors (Lipinski definition) is 3. The van der Waals surface area contributed by atoms with E-state index in [0.29, 0.717) is 11.3 Å². The summed E-state index contributed by atoms with van der Waals surface area (Å²) in [4.78, 5) is 34.3. The number of aliphatic carboxylic acids is 1. The second kappa shape index (κ2) is 8.12. The van der Waals surface area contributed by atoms with Crippen molar-refractivity contribution in [2.75, 3.05) is 11.9 Å². The van der Waals surface area contributed by atoms with Gasteiger partial charge in [-0.15, -0.1) is 0 Å². The van der Waals surface area contributed by atoms with Crippen molar-refractivity contribution in [3.8, 4) is 0 Å². The molecule has 0 aliphatic heterocycles. The summed E-state index contributed by atoms with van der Waals surface area (Å²) in [6.07, 6.45) is 6.53. The van der Waals surface area contributed by atoms with Gasteiger partial charge in [-0.05, 0) is 43.5 Å². The van der Waals surface area contributed by atoms with Crippen LogP contribution in [0, 0.1) is 5.92 Å². The molecule has 0 saturated carbocycles. The van der Waals surface area contributed by atoms with Crippen LogP contribution in [0.25, 0.3) is 0 Å². The smallest absolute Gasteiger partial charge is 0.305 e. The molecule has 0 aromatic heterocycles. The highest BCUT2D eigenvalue weighted by atomic mass is 16.4. The number of carbonyl (C=O) groups excluding carboxylic acids is 2. The topological polar surface area (TPSA) is 95.5 Å². The molecule has 1 atom stereocenters. The number of carbonyl (C=O) groups is 3. The molecule has 0 radical (unpaired) electrons. The first-order valence-corrected chi connectivity index (χ1v) is 7.62.